The van der Waals surface area contributed by atoms with E-state index in [9.17, 15) is 24.9 Å². The number of hydrogen-bond acceptors (Lipinski definition) is 5. The lowest BCUT2D eigenvalue weighted by Gasteiger charge is -2.37. The number of phenols is 2. The molecule has 0 spiro atoms. The highest BCUT2D eigenvalue weighted by Gasteiger charge is 2.56. The lowest BCUT2D eigenvalue weighted by atomic mass is 9.71. The predicted molar refractivity (Wildman–Crippen MR) is 166 cm³/mol. The second-order valence-electron chi connectivity index (χ2n) is 10.5. The third kappa shape index (κ3) is 5.18. The van der Waals surface area contributed by atoms with E-state index in [0.717, 1.165) is 56.9 Å². The SMILES string of the molecule is CCCc1c(Br)cc(O)c(C2(c3c(O)cc(Br)c(CCC)c3CCC)OC(=O)c3cccc(C(=O)O)c32)c1CCC. The standard InChI is InChI=1S/C33H36Br2O6/c1-5-10-18-20(12-7-3)29(26(36)16-24(18)34)33(28-22(31(38)39)14-9-15-23(28)32(40)41-33)30-21(13-8-4)19(11-6-2)25(35)17-27(30)37/h9,14-17,36-37H,5-8,10-13H2,1-4H3,(H,38,39). The molecule has 0 bridgehead atoms. The zero-order chi connectivity index (χ0) is 30.1. The van der Waals surface area contributed by atoms with Crippen molar-refractivity contribution in [3.63, 3.8) is 0 Å². The van der Waals surface area contributed by atoms with Crippen molar-refractivity contribution in [1.82, 2.24) is 0 Å². The summed E-state index contributed by atoms with van der Waals surface area (Å²) in [6.45, 7) is 8.18. The van der Waals surface area contributed by atoms with Gasteiger partial charge in [0.05, 0.1) is 22.3 Å². The number of esters is 1. The van der Waals surface area contributed by atoms with Crippen LogP contribution in [0.2, 0.25) is 0 Å². The van der Waals surface area contributed by atoms with Crippen LogP contribution < -0.4 is 0 Å². The molecule has 8 heteroatoms. The molecule has 3 N–H and O–H groups in total. The van der Waals surface area contributed by atoms with Crippen molar-refractivity contribution < 1.29 is 29.6 Å². The average molecular weight is 688 g/mol. The Morgan fingerprint density at radius 2 is 1.20 bits per heavy atom. The van der Waals surface area contributed by atoms with Crippen LogP contribution in [0.3, 0.4) is 0 Å². The molecule has 3 aromatic carbocycles. The molecule has 0 aliphatic carbocycles. The van der Waals surface area contributed by atoms with Gasteiger partial charge in [-0.05, 0) is 72.2 Å². The summed E-state index contributed by atoms with van der Waals surface area (Å²) in [7, 11) is 0. The van der Waals surface area contributed by atoms with Gasteiger partial charge in [0.15, 0.2) is 5.60 Å². The average Bonchev–Trinajstić information content (AvgIpc) is 3.21. The predicted octanol–water partition coefficient (Wildman–Crippen LogP) is 8.59. The van der Waals surface area contributed by atoms with Crippen molar-refractivity contribution in [1.29, 1.82) is 0 Å². The molecule has 0 amide bonds. The molecule has 0 saturated heterocycles. The van der Waals surface area contributed by atoms with E-state index in [1.807, 2.05) is 13.8 Å². The number of ether oxygens (including phenoxy) is 1. The third-order valence-electron chi connectivity index (χ3n) is 7.76. The van der Waals surface area contributed by atoms with E-state index in [1.54, 1.807) is 18.2 Å². The third-order valence-corrected chi connectivity index (χ3v) is 9.18. The first-order valence-electron chi connectivity index (χ1n) is 14.3. The smallest absolute Gasteiger partial charge is 0.340 e. The van der Waals surface area contributed by atoms with Gasteiger partial charge in [0.25, 0.3) is 0 Å². The summed E-state index contributed by atoms with van der Waals surface area (Å²) in [6, 6.07) is 7.71. The quantitative estimate of drug-likeness (QED) is 0.175. The Balaban J connectivity index is 2.35. The highest BCUT2D eigenvalue weighted by Crippen LogP contribution is 2.57. The number of hydrogen-bond donors (Lipinski definition) is 3. The molecule has 1 aliphatic heterocycles. The summed E-state index contributed by atoms with van der Waals surface area (Å²) in [4.78, 5) is 26.5. The number of fused-ring (bicyclic) bond motifs is 1. The molecule has 0 radical (unpaired) electrons. The largest absolute Gasteiger partial charge is 0.507 e. The van der Waals surface area contributed by atoms with Gasteiger partial charge in [-0.3, -0.25) is 0 Å². The number of benzene rings is 3. The Bertz CT molecular complexity index is 1440. The Hall–Kier alpha value is -2.84. The molecule has 0 atom stereocenters. The van der Waals surface area contributed by atoms with Crippen molar-refractivity contribution in [2.45, 2.75) is 84.7 Å². The first-order valence-corrected chi connectivity index (χ1v) is 15.8. The topological polar surface area (TPSA) is 104 Å². The van der Waals surface area contributed by atoms with Crippen molar-refractivity contribution >= 4 is 43.8 Å². The molecule has 0 aromatic heterocycles. The highest BCUT2D eigenvalue weighted by atomic mass is 79.9. The molecular formula is C33H36Br2O6. The van der Waals surface area contributed by atoms with Gasteiger partial charge in [0.1, 0.15) is 11.5 Å². The molecule has 41 heavy (non-hydrogen) atoms. The number of aromatic hydroxyl groups is 2. The maximum atomic E-state index is 13.7. The number of carboxylic acids is 1. The van der Waals surface area contributed by atoms with Crippen molar-refractivity contribution in [2.24, 2.45) is 0 Å². The fraction of sp³-hybridized carbons (Fsp3) is 0.394. The number of halogens is 2. The maximum absolute atomic E-state index is 13.7. The van der Waals surface area contributed by atoms with E-state index in [-0.39, 0.29) is 28.2 Å². The van der Waals surface area contributed by atoms with E-state index in [4.69, 9.17) is 4.74 Å². The fourth-order valence-corrected chi connectivity index (χ4v) is 7.65. The Kier molecular flexibility index (Phi) is 9.54. The van der Waals surface area contributed by atoms with Gasteiger partial charge in [-0.1, -0.05) is 91.3 Å². The highest BCUT2D eigenvalue weighted by molar-refractivity contribution is 9.10. The van der Waals surface area contributed by atoms with Gasteiger partial charge in [0, 0.05) is 14.5 Å². The van der Waals surface area contributed by atoms with Crippen molar-refractivity contribution in [3.8, 4) is 11.5 Å². The van der Waals surface area contributed by atoms with Gasteiger partial charge in [-0.25, -0.2) is 9.59 Å². The van der Waals surface area contributed by atoms with Crippen LogP contribution in [0.5, 0.6) is 11.5 Å². The molecule has 0 unspecified atom stereocenters. The number of aromatic carboxylic acids is 1. The van der Waals surface area contributed by atoms with Crippen LogP contribution in [0.1, 0.15) is 113 Å². The van der Waals surface area contributed by atoms with E-state index in [0.29, 0.717) is 36.8 Å². The van der Waals surface area contributed by atoms with Crippen LogP contribution in [0.4, 0.5) is 0 Å². The van der Waals surface area contributed by atoms with E-state index in [1.165, 1.54) is 12.1 Å². The molecule has 6 nitrogen and oxygen atoms in total. The second-order valence-corrected chi connectivity index (χ2v) is 12.2. The summed E-state index contributed by atoms with van der Waals surface area (Å²) < 4.78 is 7.88. The van der Waals surface area contributed by atoms with Gasteiger partial charge < -0.3 is 20.1 Å². The van der Waals surface area contributed by atoms with Crippen LogP contribution in [-0.2, 0) is 36.0 Å². The minimum atomic E-state index is -1.89. The molecule has 0 saturated carbocycles. The number of rotatable bonds is 11. The fourth-order valence-electron chi connectivity index (χ4n) is 6.34. The molecule has 4 rings (SSSR count). The van der Waals surface area contributed by atoms with Crippen LogP contribution in [0, 0.1) is 0 Å². The van der Waals surface area contributed by atoms with Crippen molar-refractivity contribution in [3.05, 3.63) is 89.3 Å². The lowest BCUT2D eigenvalue weighted by molar-refractivity contribution is 0.0228. The Morgan fingerprint density at radius 3 is 1.61 bits per heavy atom. The minimum absolute atomic E-state index is 0.105. The number of cyclic esters (lactones) is 1. The van der Waals surface area contributed by atoms with Crippen LogP contribution in [0.25, 0.3) is 0 Å². The van der Waals surface area contributed by atoms with Crippen LogP contribution in [0.15, 0.2) is 39.3 Å². The number of carbonyl (C=O) groups excluding carboxylic acids is 1. The van der Waals surface area contributed by atoms with Crippen molar-refractivity contribution in [2.75, 3.05) is 0 Å². The summed E-state index contributed by atoms with van der Waals surface area (Å²) >= 11 is 7.29. The zero-order valence-corrected chi connectivity index (χ0v) is 27.0. The summed E-state index contributed by atoms with van der Waals surface area (Å²) in [5.74, 6) is -2.20. The van der Waals surface area contributed by atoms with E-state index >= 15 is 0 Å². The van der Waals surface area contributed by atoms with E-state index < -0.39 is 17.5 Å². The number of carboxylic acid groups (broad SMARTS) is 1. The normalized spacial score (nSPS) is 13.8. The molecule has 1 aliphatic rings. The van der Waals surface area contributed by atoms with Gasteiger partial charge in [0.2, 0.25) is 0 Å². The first-order chi connectivity index (χ1) is 19.6. The van der Waals surface area contributed by atoms with Gasteiger partial charge in [-0.15, -0.1) is 0 Å². The number of carbonyl (C=O) groups is 2. The maximum Gasteiger partial charge on any atom is 0.340 e. The van der Waals surface area contributed by atoms with E-state index in [2.05, 4.69) is 45.7 Å². The summed E-state index contributed by atoms with van der Waals surface area (Å²) in [5, 5.41) is 34.0. The monoisotopic (exact) mass is 686 g/mol. The van der Waals surface area contributed by atoms with Gasteiger partial charge in [-0.2, -0.15) is 0 Å². The number of phenolic OH excluding ortho intramolecular Hbond substituents is 2. The second kappa shape index (κ2) is 12.6. The zero-order valence-electron chi connectivity index (χ0n) is 23.9. The summed E-state index contributed by atoms with van der Waals surface area (Å²) in [6.07, 6.45) is 5.58. The molecule has 0 fully saturated rings. The van der Waals surface area contributed by atoms with Crippen LogP contribution >= 0.6 is 31.9 Å². The Morgan fingerprint density at radius 1 is 0.756 bits per heavy atom. The molecule has 1 heterocycles. The summed E-state index contributed by atoms with van der Waals surface area (Å²) in [5.41, 5.74) is 2.33. The van der Waals surface area contributed by atoms with Gasteiger partial charge >= 0.3 is 11.9 Å². The molecular weight excluding hydrogens is 652 g/mol. The first kappa shape index (κ1) is 31.1. The Labute approximate surface area is 258 Å². The van der Waals surface area contributed by atoms with Crippen LogP contribution in [-0.4, -0.2) is 27.3 Å². The molecule has 3 aromatic rings. The molecule has 218 valence electrons. The minimum Gasteiger partial charge on any atom is -0.507 e. The lowest BCUT2D eigenvalue weighted by Crippen LogP contribution is -2.35.